The molecule has 0 saturated carbocycles. The first-order valence-electron chi connectivity index (χ1n) is 5.63. The van der Waals surface area contributed by atoms with Crippen LogP contribution in [-0.4, -0.2) is 18.0 Å². The smallest absolute Gasteiger partial charge is 0.318 e. The van der Waals surface area contributed by atoms with E-state index in [1.54, 1.807) is 6.92 Å². The van der Waals surface area contributed by atoms with Gasteiger partial charge in [0, 0.05) is 11.6 Å². The van der Waals surface area contributed by atoms with E-state index in [2.05, 4.69) is 0 Å². The standard InChI is InChI=1S/C12H16FN3O3/c1-6(14)9-5-8(13)3-4-10(9)19-7(2)11(17)16-12(15)18/h3-7H,14H2,1-2H3,(H3,15,16,17,18)/t6-,7?/m0/s1. The van der Waals surface area contributed by atoms with Crippen molar-refractivity contribution in [1.82, 2.24) is 5.32 Å². The Bertz CT molecular complexity index is 491. The van der Waals surface area contributed by atoms with Crippen molar-refractivity contribution in [3.63, 3.8) is 0 Å². The van der Waals surface area contributed by atoms with Gasteiger partial charge in [-0.15, -0.1) is 0 Å². The van der Waals surface area contributed by atoms with Gasteiger partial charge in [0.2, 0.25) is 0 Å². The fraction of sp³-hybridized carbons (Fsp3) is 0.333. The molecule has 2 atom stereocenters. The van der Waals surface area contributed by atoms with Gasteiger partial charge in [0.05, 0.1) is 0 Å². The molecule has 0 heterocycles. The molecule has 1 rings (SSSR count). The van der Waals surface area contributed by atoms with E-state index in [1.165, 1.54) is 25.1 Å². The molecule has 0 radical (unpaired) electrons. The number of nitrogens with one attached hydrogen (secondary N) is 1. The van der Waals surface area contributed by atoms with Crippen LogP contribution in [0.25, 0.3) is 0 Å². The normalized spacial score (nSPS) is 13.5. The Morgan fingerprint density at radius 2 is 2.00 bits per heavy atom. The molecule has 0 bridgehead atoms. The molecule has 7 heteroatoms. The first kappa shape index (κ1) is 14.9. The molecule has 0 aromatic heterocycles. The fourth-order valence-electron chi connectivity index (χ4n) is 1.45. The summed E-state index contributed by atoms with van der Waals surface area (Å²) < 4.78 is 18.5. The number of nitrogens with two attached hydrogens (primary N) is 2. The SMILES string of the molecule is CC(Oc1ccc(F)cc1[C@H](C)N)C(=O)NC(N)=O. The van der Waals surface area contributed by atoms with Gasteiger partial charge in [-0.3, -0.25) is 10.1 Å². The predicted octanol–water partition coefficient (Wildman–Crippen LogP) is 0.808. The maximum Gasteiger partial charge on any atom is 0.318 e. The number of rotatable bonds is 4. The van der Waals surface area contributed by atoms with Crippen LogP contribution >= 0.6 is 0 Å². The molecule has 19 heavy (non-hydrogen) atoms. The maximum absolute atomic E-state index is 13.1. The molecule has 0 saturated heterocycles. The van der Waals surface area contributed by atoms with Crippen molar-refractivity contribution < 1.29 is 18.7 Å². The van der Waals surface area contributed by atoms with Gasteiger partial charge in [0.15, 0.2) is 6.10 Å². The lowest BCUT2D eigenvalue weighted by Gasteiger charge is -2.18. The van der Waals surface area contributed by atoms with Crippen molar-refractivity contribution in [2.45, 2.75) is 26.0 Å². The van der Waals surface area contributed by atoms with E-state index in [-0.39, 0.29) is 5.75 Å². The second-order valence-corrected chi connectivity index (χ2v) is 4.08. The third-order valence-corrected chi connectivity index (χ3v) is 2.38. The summed E-state index contributed by atoms with van der Waals surface area (Å²) in [5, 5.41) is 1.89. The Kier molecular flexibility index (Phi) is 4.82. The molecule has 1 unspecified atom stereocenters. The number of hydrogen-bond donors (Lipinski definition) is 3. The molecule has 0 fully saturated rings. The molecular formula is C12H16FN3O3. The highest BCUT2D eigenvalue weighted by Crippen LogP contribution is 2.25. The first-order valence-corrected chi connectivity index (χ1v) is 5.63. The average Bonchev–Trinajstić information content (AvgIpc) is 2.30. The van der Waals surface area contributed by atoms with Gasteiger partial charge >= 0.3 is 6.03 Å². The topological polar surface area (TPSA) is 107 Å². The van der Waals surface area contributed by atoms with Crippen LogP contribution < -0.4 is 21.5 Å². The van der Waals surface area contributed by atoms with E-state index in [4.69, 9.17) is 16.2 Å². The van der Waals surface area contributed by atoms with Crippen LogP contribution in [0.15, 0.2) is 18.2 Å². The Morgan fingerprint density at radius 1 is 1.37 bits per heavy atom. The molecule has 0 spiro atoms. The minimum atomic E-state index is -0.966. The summed E-state index contributed by atoms with van der Waals surface area (Å²) in [4.78, 5) is 22.0. The lowest BCUT2D eigenvalue weighted by Crippen LogP contribution is -2.42. The highest BCUT2D eigenvalue weighted by molar-refractivity contribution is 5.95. The van der Waals surface area contributed by atoms with Crippen molar-refractivity contribution in [3.05, 3.63) is 29.6 Å². The van der Waals surface area contributed by atoms with Crippen LogP contribution in [0.5, 0.6) is 5.75 Å². The number of carbonyl (C=O) groups excluding carboxylic acids is 2. The second kappa shape index (κ2) is 6.14. The van der Waals surface area contributed by atoms with Crippen molar-refractivity contribution in [3.8, 4) is 5.75 Å². The predicted molar refractivity (Wildman–Crippen MR) is 66.8 cm³/mol. The summed E-state index contributed by atoms with van der Waals surface area (Å²) in [5.74, 6) is -0.857. The number of halogens is 1. The Morgan fingerprint density at radius 3 is 2.53 bits per heavy atom. The summed E-state index contributed by atoms with van der Waals surface area (Å²) >= 11 is 0. The zero-order chi connectivity index (χ0) is 14.6. The van der Waals surface area contributed by atoms with E-state index in [0.717, 1.165) is 0 Å². The zero-order valence-corrected chi connectivity index (χ0v) is 10.6. The molecule has 5 N–H and O–H groups in total. The van der Waals surface area contributed by atoms with Crippen molar-refractivity contribution in [1.29, 1.82) is 0 Å². The summed E-state index contributed by atoms with van der Waals surface area (Å²) in [6.45, 7) is 3.10. The molecule has 0 aliphatic heterocycles. The molecule has 3 amide bonds. The van der Waals surface area contributed by atoms with Gasteiger partial charge in [-0.2, -0.15) is 0 Å². The molecule has 0 aliphatic carbocycles. The van der Waals surface area contributed by atoms with Gasteiger partial charge in [0.25, 0.3) is 5.91 Å². The lowest BCUT2D eigenvalue weighted by atomic mass is 10.1. The van der Waals surface area contributed by atoms with Crippen LogP contribution in [0.4, 0.5) is 9.18 Å². The summed E-state index contributed by atoms with van der Waals surface area (Å²) in [7, 11) is 0. The van der Waals surface area contributed by atoms with Gasteiger partial charge < -0.3 is 16.2 Å². The number of amides is 3. The highest BCUT2D eigenvalue weighted by Gasteiger charge is 2.19. The molecule has 1 aromatic rings. The van der Waals surface area contributed by atoms with Crippen LogP contribution in [0.1, 0.15) is 25.5 Å². The molecule has 0 aliphatic rings. The molecular weight excluding hydrogens is 253 g/mol. The third kappa shape index (κ3) is 4.22. The minimum Gasteiger partial charge on any atom is -0.481 e. The Balaban J connectivity index is 2.87. The maximum atomic E-state index is 13.1. The summed E-state index contributed by atoms with van der Waals surface area (Å²) in [5.41, 5.74) is 11.0. The number of primary amides is 1. The quantitative estimate of drug-likeness (QED) is 0.751. The molecule has 104 valence electrons. The second-order valence-electron chi connectivity index (χ2n) is 4.08. The van der Waals surface area contributed by atoms with Crippen molar-refractivity contribution in [2.24, 2.45) is 11.5 Å². The number of urea groups is 1. The number of carbonyl (C=O) groups is 2. The summed E-state index contributed by atoms with van der Waals surface area (Å²) in [6, 6.07) is 2.38. The number of hydrogen-bond acceptors (Lipinski definition) is 4. The highest BCUT2D eigenvalue weighted by atomic mass is 19.1. The van der Waals surface area contributed by atoms with E-state index >= 15 is 0 Å². The third-order valence-electron chi connectivity index (χ3n) is 2.38. The van der Waals surface area contributed by atoms with Gasteiger partial charge in [-0.05, 0) is 32.0 Å². The van der Waals surface area contributed by atoms with E-state index < -0.39 is 29.9 Å². The van der Waals surface area contributed by atoms with Crippen molar-refractivity contribution in [2.75, 3.05) is 0 Å². The first-order chi connectivity index (χ1) is 8.81. The Hall–Kier alpha value is -2.15. The monoisotopic (exact) mass is 269 g/mol. The van der Waals surface area contributed by atoms with Crippen molar-refractivity contribution >= 4 is 11.9 Å². The Labute approximate surface area is 109 Å². The average molecular weight is 269 g/mol. The van der Waals surface area contributed by atoms with Crippen LogP contribution in [0, 0.1) is 5.82 Å². The van der Waals surface area contributed by atoms with Crippen LogP contribution in [0.3, 0.4) is 0 Å². The van der Waals surface area contributed by atoms with E-state index in [9.17, 15) is 14.0 Å². The number of imide groups is 1. The largest absolute Gasteiger partial charge is 0.481 e. The van der Waals surface area contributed by atoms with E-state index in [0.29, 0.717) is 5.56 Å². The van der Waals surface area contributed by atoms with Crippen LogP contribution in [0.2, 0.25) is 0 Å². The number of benzene rings is 1. The molecule has 1 aromatic carbocycles. The number of ether oxygens (including phenoxy) is 1. The molecule has 6 nitrogen and oxygen atoms in total. The van der Waals surface area contributed by atoms with Gasteiger partial charge in [-0.25, -0.2) is 9.18 Å². The lowest BCUT2D eigenvalue weighted by molar-refractivity contribution is -0.126. The van der Waals surface area contributed by atoms with E-state index in [1.807, 2.05) is 5.32 Å². The minimum absolute atomic E-state index is 0.281. The van der Waals surface area contributed by atoms with Gasteiger partial charge in [0.1, 0.15) is 11.6 Å². The van der Waals surface area contributed by atoms with Gasteiger partial charge in [-0.1, -0.05) is 0 Å². The summed E-state index contributed by atoms with van der Waals surface area (Å²) in [6.07, 6.45) is -0.963. The van der Waals surface area contributed by atoms with Crippen LogP contribution in [-0.2, 0) is 4.79 Å². The zero-order valence-electron chi connectivity index (χ0n) is 10.6. The fourth-order valence-corrected chi connectivity index (χ4v) is 1.45.